The van der Waals surface area contributed by atoms with Gasteiger partial charge in [0.25, 0.3) is 0 Å². The Balaban J connectivity index is 1.63. The second-order valence-corrected chi connectivity index (χ2v) is 6.38. The largest absolute Gasteiger partial charge is 0.467 e. The van der Waals surface area contributed by atoms with Crippen LogP contribution in [-0.2, 0) is 0 Å². The van der Waals surface area contributed by atoms with Crippen molar-refractivity contribution < 1.29 is 14.3 Å². The number of aliphatic hydroxyl groups excluding tert-OH is 1. The van der Waals surface area contributed by atoms with Gasteiger partial charge in [-0.3, -0.25) is 0 Å². The lowest BCUT2D eigenvalue weighted by molar-refractivity contribution is 0.110. The fourth-order valence-corrected chi connectivity index (χ4v) is 3.13. The zero-order valence-corrected chi connectivity index (χ0v) is 14.2. The third-order valence-corrected chi connectivity index (χ3v) is 4.67. The minimum Gasteiger partial charge on any atom is -0.467 e. The van der Waals surface area contributed by atoms with Crippen molar-refractivity contribution in [3.05, 3.63) is 47.1 Å². The van der Waals surface area contributed by atoms with Gasteiger partial charge in [0.1, 0.15) is 17.0 Å². The maximum Gasteiger partial charge on any atom is 0.322 e. The lowest BCUT2D eigenvalue weighted by Gasteiger charge is -2.26. The van der Waals surface area contributed by atoms with Crippen LogP contribution in [0.25, 0.3) is 0 Å². The molecule has 1 saturated heterocycles. The van der Waals surface area contributed by atoms with Crippen molar-refractivity contribution in [1.29, 1.82) is 0 Å². The molecule has 24 heavy (non-hydrogen) atoms. The van der Waals surface area contributed by atoms with Gasteiger partial charge >= 0.3 is 6.03 Å². The van der Waals surface area contributed by atoms with Crippen LogP contribution in [0.1, 0.15) is 36.7 Å². The van der Waals surface area contributed by atoms with Gasteiger partial charge in [-0.25, -0.2) is 9.78 Å². The molecule has 0 bridgehead atoms. The minimum absolute atomic E-state index is 0.0218. The molecule has 2 unspecified atom stereocenters. The van der Waals surface area contributed by atoms with Gasteiger partial charge in [-0.15, -0.1) is 0 Å². The molecule has 3 heterocycles. The number of likely N-dealkylation sites (tertiary alicyclic amines) is 1. The molecule has 7 heteroatoms. The number of pyridine rings is 1. The van der Waals surface area contributed by atoms with Crippen LogP contribution < -0.4 is 5.32 Å². The summed E-state index contributed by atoms with van der Waals surface area (Å²) in [5, 5.41) is 13.5. The van der Waals surface area contributed by atoms with E-state index >= 15 is 0 Å². The number of nitrogens with zero attached hydrogens (tertiary/aromatic N) is 2. The van der Waals surface area contributed by atoms with Gasteiger partial charge in [-0.05, 0) is 43.5 Å². The third-order valence-electron chi connectivity index (χ3n) is 4.27. The van der Waals surface area contributed by atoms with E-state index in [2.05, 4.69) is 10.3 Å². The summed E-state index contributed by atoms with van der Waals surface area (Å²) in [6, 6.07) is 5.06. The average Bonchev–Trinajstić information content (AvgIpc) is 3.22. The van der Waals surface area contributed by atoms with Crippen LogP contribution in [0.3, 0.4) is 0 Å². The molecule has 6 nitrogen and oxygen atoms in total. The van der Waals surface area contributed by atoms with Crippen molar-refractivity contribution >= 4 is 23.3 Å². The monoisotopic (exact) mass is 349 g/mol. The molecular formula is C17H20ClN3O3. The van der Waals surface area contributed by atoms with E-state index in [-0.39, 0.29) is 12.1 Å². The Morgan fingerprint density at radius 2 is 2.46 bits per heavy atom. The molecule has 2 N–H and O–H groups in total. The molecule has 0 aromatic carbocycles. The molecular weight excluding hydrogens is 330 g/mol. The number of halogens is 1. The zero-order chi connectivity index (χ0) is 17.1. The van der Waals surface area contributed by atoms with Gasteiger partial charge in [0, 0.05) is 19.0 Å². The van der Waals surface area contributed by atoms with Crippen molar-refractivity contribution in [1.82, 2.24) is 9.88 Å². The summed E-state index contributed by atoms with van der Waals surface area (Å²) < 4.78 is 5.23. The highest BCUT2D eigenvalue weighted by Crippen LogP contribution is 2.28. The minimum atomic E-state index is -0.710. The molecule has 3 rings (SSSR count). The SMILES string of the molecule is Cc1cc(NC(=O)N2CCCC2CC(O)c2ccco2)cnc1Cl. The van der Waals surface area contributed by atoms with Gasteiger partial charge < -0.3 is 19.7 Å². The summed E-state index contributed by atoms with van der Waals surface area (Å²) in [6.07, 6.45) is 4.60. The molecule has 2 atom stereocenters. The van der Waals surface area contributed by atoms with E-state index in [1.165, 1.54) is 12.5 Å². The van der Waals surface area contributed by atoms with E-state index in [0.29, 0.717) is 29.6 Å². The Labute approximate surface area is 145 Å². The lowest BCUT2D eigenvalue weighted by atomic mass is 10.1. The molecule has 0 radical (unpaired) electrons. The number of carbonyl (C=O) groups is 1. The van der Waals surface area contributed by atoms with Crippen molar-refractivity contribution in [2.24, 2.45) is 0 Å². The first-order chi connectivity index (χ1) is 11.5. The molecule has 1 aliphatic rings. The predicted octanol–water partition coefficient (Wildman–Crippen LogP) is 3.76. The average molecular weight is 350 g/mol. The van der Waals surface area contributed by atoms with Crippen LogP contribution in [-0.4, -0.2) is 33.6 Å². The molecule has 128 valence electrons. The number of carbonyl (C=O) groups excluding carboxylic acids is 1. The first kappa shape index (κ1) is 16.8. The lowest BCUT2D eigenvalue weighted by Crippen LogP contribution is -2.39. The highest BCUT2D eigenvalue weighted by Gasteiger charge is 2.31. The highest BCUT2D eigenvalue weighted by atomic mass is 35.5. The van der Waals surface area contributed by atoms with E-state index in [9.17, 15) is 9.90 Å². The molecule has 2 amide bonds. The maximum atomic E-state index is 12.5. The van der Waals surface area contributed by atoms with E-state index in [1.807, 2.05) is 6.92 Å². The number of amides is 2. The first-order valence-electron chi connectivity index (χ1n) is 7.96. The fourth-order valence-electron chi connectivity index (χ4n) is 3.02. The number of nitrogens with one attached hydrogen (secondary N) is 1. The molecule has 1 fully saturated rings. The van der Waals surface area contributed by atoms with E-state index in [4.69, 9.17) is 16.0 Å². The summed E-state index contributed by atoms with van der Waals surface area (Å²) in [5.41, 5.74) is 1.42. The second-order valence-electron chi connectivity index (χ2n) is 6.02. The second kappa shape index (κ2) is 7.23. The Hall–Kier alpha value is -2.05. The van der Waals surface area contributed by atoms with Crippen molar-refractivity contribution in [3.8, 4) is 0 Å². The summed E-state index contributed by atoms with van der Waals surface area (Å²) in [4.78, 5) is 18.3. The van der Waals surface area contributed by atoms with Crippen molar-refractivity contribution in [3.63, 3.8) is 0 Å². The molecule has 0 saturated carbocycles. The Bertz CT molecular complexity index is 705. The van der Waals surface area contributed by atoms with Crippen LogP contribution in [0.15, 0.2) is 35.1 Å². The van der Waals surface area contributed by atoms with Crippen molar-refractivity contribution in [2.75, 3.05) is 11.9 Å². The number of furan rings is 1. The topological polar surface area (TPSA) is 78.6 Å². The Kier molecular flexibility index (Phi) is 5.06. The number of anilines is 1. The quantitative estimate of drug-likeness (QED) is 0.824. The van der Waals surface area contributed by atoms with E-state index in [1.54, 1.807) is 23.1 Å². The van der Waals surface area contributed by atoms with Crippen molar-refractivity contribution in [2.45, 2.75) is 38.3 Å². The highest BCUT2D eigenvalue weighted by molar-refractivity contribution is 6.30. The number of urea groups is 1. The van der Waals surface area contributed by atoms with Gasteiger partial charge in [-0.1, -0.05) is 11.6 Å². The van der Waals surface area contributed by atoms with Gasteiger partial charge in [0.2, 0.25) is 0 Å². The number of hydrogen-bond acceptors (Lipinski definition) is 4. The summed E-state index contributed by atoms with van der Waals surface area (Å²) in [6.45, 7) is 2.50. The van der Waals surface area contributed by atoms with E-state index in [0.717, 1.165) is 18.4 Å². The van der Waals surface area contributed by atoms with Crippen LogP contribution in [0, 0.1) is 6.92 Å². The van der Waals surface area contributed by atoms with Gasteiger partial charge in [-0.2, -0.15) is 0 Å². The smallest absolute Gasteiger partial charge is 0.322 e. The van der Waals surface area contributed by atoms with Crippen LogP contribution in [0.4, 0.5) is 10.5 Å². The van der Waals surface area contributed by atoms with Crippen LogP contribution in [0.5, 0.6) is 0 Å². The molecule has 0 aliphatic carbocycles. The number of hydrogen-bond donors (Lipinski definition) is 2. The standard InChI is InChI=1S/C17H20ClN3O3/c1-11-8-12(10-19-16(11)18)20-17(23)21-6-2-4-13(21)9-14(22)15-5-3-7-24-15/h3,5,7-8,10,13-14,22H,2,4,6,9H2,1H3,(H,20,23). The Morgan fingerprint density at radius 3 is 3.17 bits per heavy atom. The number of aliphatic hydroxyl groups is 1. The third kappa shape index (κ3) is 3.71. The summed E-state index contributed by atoms with van der Waals surface area (Å²) in [7, 11) is 0. The molecule has 1 aliphatic heterocycles. The fraction of sp³-hybridized carbons (Fsp3) is 0.412. The molecule has 2 aromatic rings. The summed E-state index contributed by atoms with van der Waals surface area (Å²) in [5.74, 6) is 0.528. The van der Waals surface area contributed by atoms with Crippen LogP contribution in [0.2, 0.25) is 5.15 Å². The van der Waals surface area contributed by atoms with E-state index < -0.39 is 6.10 Å². The number of aryl methyl sites for hydroxylation is 1. The summed E-state index contributed by atoms with van der Waals surface area (Å²) >= 11 is 5.90. The number of aromatic nitrogens is 1. The van der Waals surface area contributed by atoms with Crippen LogP contribution >= 0.6 is 11.6 Å². The van der Waals surface area contributed by atoms with Gasteiger partial charge in [0.05, 0.1) is 18.1 Å². The molecule has 2 aromatic heterocycles. The normalized spacial score (nSPS) is 18.6. The maximum absolute atomic E-state index is 12.5. The predicted molar refractivity (Wildman–Crippen MR) is 91.0 cm³/mol. The number of rotatable bonds is 4. The Morgan fingerprint density at radius 1 is 1.62 bits per heavy atom. The molecule has 0 spiro atoms. The van der Waals surface area contributed by atoms with Gasteiger partial charge in [0.15, 0.2) is 0 Å². The zero-order valence-electron chi connectivity index (χ0n) is 13.4. The first-order valence-corrected chi connectivity index (χ1v) is 8.33.